The number of rotatable bonds is 4. The van der Waals surface area contributed by atoms with Crippen LogP contribution < -0.4 is 5.73 Å². The van der Waals surface area contributed by atoms with Crippen molar-refractivity contribution < 1.29 is 9.59 Å². The molecule has 0 aliphatic rings. The first-order chi connectivity index (χ1) is 10.1. The predicted molar refractivity (Wildman–Crippen MR) is 89.0 cm³/mol. The van der Waals surface area contributed by atoms with Gasteiger partial charge < -0.3 is 10.3 Å². The van der Waals surface area contributed by atoms with E-state index in [1.165, 1.54) is 5.56 Å². The highest BCUT2D eigenvalue weighted by atomic mass is 16.2. The molecule has 0 aliphatic carbocycles. The molecule has 0 fully saturated rings. The first-order valence-corrected chi connectivity index (χ1v) is 7.58. The molecule has 1 aromatic carbocycles. The van der Waals surface area contributed by atoms with Gasteiger partial charge in [-0.1, -0.05) is 46.8 Å². The smallest absolute Gasteiger partial charge is 0.289 e. The van der Waals surface area contributed by atoms with Gasteiger partial charge in [0.1, 0.15) is 0 Å². The van der Waals surface area contributed by atoms with E-state index in [2.05, 4.69) is 40.7 Å². The topological polar surface area (TPSA) is 65.1 Å². The van der Waals surface area contributed by atoms with Crippen molar-refractivity contribution >= 4 is 22.6 Å². The van der Waals surface area contributed by atoms with Crippen molar-refractivity contribution in [3.8, 4) is 0 Å². The second-order valence-electron chi connectivity index (χ2n) is 7.26. The molecule has 0 bridgehead atoms. The summed E-state index contributed by atoms with van der Waals surface area (Å²) < 4.78 is 2.05. The fraction of sp³-hybridized carbons (Fsp3) is 0.444. The molecule has 2 rings (SSSR count). The first kappa shape index (κ1) is 16.3. The second-order valence-corrected chi connectivity index (χ2v) is 7.26. The minimum absolute atomic E-state index is 0.0228. The number of carbonyl (C=O) groups is 2. The number of carbonyl (C=O) groups excluding carboxylic acids is 2. The molecule has 0 unspecified atom stereocenters. The van der Waals surface area contributed by atoms with Crippen molar-refractivity contribution in [3.05, 3.63) is 35.5 Å². The van der Waals surface area contributed by atoms with E-state index in [4.69, 9.17) is 5.73 Å². The van der Waals surface area contributed by atoms with Gasteiger partial charge in [0.05, 0.1) is 5.56 Å². The summed E-state index contributed by atoms with van der Waals surface area (Å²) in [6.45, 7) is 11.5. The van der Waals surface area contributed by atoms with Crippen LogP contribution in [-0.2, 0) is 16.8 Å². The fourth-order valence-corrected chi connectivity index (χ4v) is 2.62. The molecule has 0 radical (unpaired) electrons. The molecule has 2 N–H and O–H groups in total. The Morgan fingerprint density at radius 2 is 1.86 bits per heavy atom. The quantitative estimate of drug-likeness (QED) is 0.695. The molecule has 0 aliphatic heterocycles. The molecule has 0 saturated carbocycles. The van der Waals surface area contributed by atoms with Gasteiger partial charge in [0.15, 0.2) is 0 Å². The molecule has 1 amide bonds. The number of benzene rings is 1. The third-order valence-electron chi connectivity index (χ3n) is 3.78. The van der Waals surface area contributed by atoms with Gasteiger partial charge >= 0.3 is 0 Å². The van der Waals surface area contributed by atoms with Gasteiger partial charge in [-0.2, -0.15) is 0 Å². The zero-order chi connectivity index (χ0) is 16.7. The Balaban J connectivity index is 2.70. The second kappa shape index (κ2) is 5.59. The number of aromatic nitrogens is 1. The van der Waals surface area contributed by atoms with Gasteiger partial charge in [-0.05, 0) is 23.0 Å². The zero-order valence-electron chi connectivity index (χ0n) is 13.9. The van der Waals surface area contributed by atoms with Gasteiger partial charge in [-0.3, -0.25) is 9.59 Å². The van der Waals surface area contributed by atoms with Crippen LogP contribution in [0.2, 0.25) is 0 Å². The molecule has 22 heavy (non-hydrogen) atoms. The normalized spacial score (nSPS) is 12.1. The van der Waals surface area contributed by atoms with E-state index in [0.717, 1.165) is 17.4 Å². The number of nitrogens with zero attached hydrogens (tertiary/aromatic N) is 1. The van der Waals surface area contributed by atoms with Crippen molar-refractivity contribution in [3.63, 3.8) is 0 Å². The Hall–Kier alpha value is -2.10. The Labute approximate surface area is 131 Å². The van der Waals surface area contributed by atoms with Gasteiger partial charge in [0.25, 0.3) is 11.7 Å². The minimum atomic E-state index is -0.913. The van der Waals surface area contributed by atoms with Crippen LogP contribution in [0.3, 0.4) is 0 Å². The van der Waals surface area contributed by atoms with Crippen LogP contribution in [0.1, 0.15) is 50.5 Å². The number of primary amides is 1. The molecule has 118 valence electrons. The van der Waals surface area contributed by atoms with Gasteiger partial charge in [-0.15, -0.1) is 0 Å². The molecular formula is C18H24N2O2. The summed E-state index contributed by atoms with van der Waals surface area (Å²) in [5.41, 5.74) is 7.76. The van der Waals surface area contributed by atoms with Crippen LogP contribution in [0, 0.1) is 5.92 Å². The maximum Gasteiger partial charge on any atom is 0.289 e. The van der Waals surface area contributed by atoms with E-state index in [1.807, 2.05) is 16.7 Å². The van der Waals surface area contributed by atoms with E-state index in [9.17, 15) is 9.59 Å². The Kier molecular flexibility index (Phi) is 4.14. The largest absolute Gasteiger partial charge is 0.363 e. The molecule has 4 heteroatoms. The summed E-state index contributed by atoms with van der Waals surface area (Å²) in [5.74, 6) is -1.11. The summed E-state index contributed by atoms with van der Waals surface area (Å²) in [6, 6.07) is 6.04. The van der Waals surface area contributed by atoms with E-state index in [-0.39, 0.29) is 5.41 Å². The highest BCUT2D eigenvalue weighted by Gasteiger charge is 2.21. The summed E-state index contributed by atoms with van der Waals surface area (Å²) in [4.78, 5) is 23.3. The average Bonchev–Trinajstić information content (AvgIpc) is 2.74. The summed E-state index contributed by atoms with van der Waals surface area (Å²) in [5, 5.41) is 0.789. The molecule has 1 heterocycles. The maximum absolute atomic E-state index is 12.1. The van der Waals surface area contributed by atoms with Crippen LogP contribution >= 0.6 is 0 Å². The van der Waals surface area contributed by atoms with E-state index >= 15 is 0 Å². The summed E-state index contributed by atoms with van der Waals surface area (Å²) in [6.07, 6.45) is 1.75. The molecule has 1 aromatic heterocycles. The van der Waals surface area contributed by atoms with Crippen molar-refractivity contribution in [2.45, 2.75) is 46.6 Å². The van der Waals surface area contributed by atoms with Crippen LogP contribution in [0.5, 0.6) is 0 Å². The number of hydrogen-bond acceptors (Lipinski definition) is 2. The van der Waals surface area contributed by atoms with Crippen LogP contribution in [0.25, 0.3) is 10.9 Å². The Morgan fingerprint density at radius 3 is 2.36 bits per heavy atom. The highest BCUT2D eigenvalue weighted by molar-refractivity contribution is 6.44. The summed E-state index contributed by atoms with van der Waals surface area (Å²) in [7, 11) is 0. The molecule has 2 aromatic rings. The number of ketones is 1. The zero-order valence-corrected chi connectivity index (χ0v) is 13.9. The molecule has 0 atom stereocenters. The van der Waals surface area contributed by atoms with Crippen LogP contribution in [-0.4, -0.2) is 16.3 Å². The third-order valence-corrected chi connectivity index (χ3v) is 3.78. The lowest BCUT2D eigenvalue weighted by atomic mass is 9.86. The number of amides is 1. The number of hydrogen-bond donors (Lipinski definition) is 1. The van der Waals surface area contributed by atoms with Gasteiger partial charge in [-0.25, -0.2) is 0 Å². The fourth-order valence-electron chi connectivity index (χ4n) is 2.62. The minimum Gasteiger partial charge on any atom is -0.363 e. The Bertz CT molecular complexity index is 733. The number of nitrogens with two attached hydrogens (primary N) is 1. The monoisotopic (exact) mass is 300 g/mol. The summed E-state index contributed by atoms with van der Waals surface area (Å²) >= 11 is 0. The number of Topliss-reactive ketones (excluding diaryl/α,β-unsaturated/α-hetero) is 1. The van der Waals surface area contributed by atoms with Crippen molar-refractivity contribution in [1.29, 1.82) is 0 Å². The number of fused-ring (bicyclic) bond motifs is 1. The highest BCUT2D eigenvalue weighted by Crippen LogP contribution is 2.29. The van der Waals surface area contributed by atoms with E-state index < -0.39 is 11.7 Å². The SMILES string of the molecule is CC(C)Cn1cc(C(=O)C(N)=O)c2ccc(C(C)(C)C)cc21. The molecular weight excluding hydrogens is 276 g/mol. The van der Waals surface area contributed by atoms with Crippen LogP contribution in [0.15, 0.2) is 24.4 Å². The van der Waals surface area contributed by atoms with Crippen molar-refractivity contribution in [2.24, 2.45) is 11.7 Å². The molecule has 4 nitrogen and oxygen atoms in total. The molecule has 0 saturated heterocycles. The maximum atomic E-state index is 12.1. The van der Waals surface area contributed by atoms with E-state index in [1.54, 1.807) is 6.20 Å². The first-order valence-electron chi connectivity index (χ1n) is 7.58. The van der Waals surface area contributed by atoms with Crippen LogP contribution in [0.4, 0.5) is 0 Å². The lowest BCUT2D eigenvalue weighted by molar-refractivity contribution is -0.114. The van der Waals surface area contributed by atoms with E-state index in [0.29, 0.717) is 11.5 Å². The lowest BCUT2D eigenvalue weighted by Gasteiger charge is -2.19. The lowest BCUT2D eigenvalue weighted by Crippen LogP contribution is -2.22. The van der Waals surface area contributed by atoms with Crippen molar-refractivity contribution in [1.82, 2.24) is 4.57 Å². The average molecular weight is 300 g/mol. The third kappa shape index (κ3) is 3.06. The molecule has 0 spiro atoms. The predicted octanol–water partition coefficient (Wildman–Crippen LogP) is 3.26. The standard InChI is InChI=1S/C18H24N2O2/c1-11(2)9-20-10-14(16(21)17(19)22)13-7-6-12(8-15(13)20)18(3,4)5/h6-8,10-11H,9H2,1-5H3,(H2,19,22). The van der Waals surface area contributed by atoms with Gasteiger partial charge in [0.2, 0.25) is 0 Å². The Morgan fingerprint density at radius 1 is 1.23 bits per heavy atom. The van der Waals surface area contributed by atoms with Gasteiger partial charge in [0, 0.05) is 23.6 Å². The van der Waals surface area contributed by atoms with Crippen molar-refractivity contribution in [2.75, 3.05) is 0 Å².